The zero-order valence-corrected chi connectivity index (χ0v) is 9.38. The molecule has 1 N–H and O–H groups in total. The molecule has 0 saturated carbocycles. The molecule has 0 bridgehead atoms. The first-order valence-electron chi connectivity index (χ1n) is 5.06. The van der Waals surface area contributed by atoms with E-state index in [1.54, 1.807) is 6.07 Å². The fourth-order valence-electron chi connectivity index (χ4n) is 1.15. The molecule has 1 aromatic rings. The molecule has 1 rings (SSSR count). The van der Waals surface area contributed by atoms with Gasteiger partial charge in [-0.15, -0.1) is 0 Å². The third kappa shape index (κ3) is 4.36. The number of carbonyl (C=O) groups excluding carboxylic acids is 1. The van der Waals surface area contributed by atoms with Crippen LogP contribution in [0.15, 0.2) is 18.2 Å². The van der Waals surface area contributed by atoms with Gasteiger partial charge in [-0.05, 0) is 18.2 Å². The van der Waals surface area contributed by atoms with Crippen LogP contribution >= 0.6 is 0 Å². The Labute approximate surface area is 99.3 Å². The Morgan fingerprint density at radius 3 is 2.94 bits per heavy atom. The van der Waals surface area contributed by atoms with Gasteiger partial charge in [-0.25, -0.2) is 4.39 Å². The molecule has 1 aromatic carbocycles. The van der Waals surface area contributed by atoms with Crippen LogP contribution in [0.3, 0.4) is 0 Å². The van der Waals surface area contributed by atoms with Gasteiger partial charge in [0.15, 0.2) is 0 Å². The number of hydrogen-bond acceptors (Lipinski definition) is 2. The summed E-state index contributed by atoms with van der Waals surface area (Å²) in [7, 11) is 0. The van der Waals surface area contributed by atoms with Crippen LogP contribution in [0.5, 0.6) is 0 Å². The van der Waals surface area contributed by atoms with Gasteiger partial charge in [0.2, 0.25) is 5.91 Å². The van der Waals surface area contributed by atoms with Gasteiger partial charge >= 0.3 is 0 Å². The van der Waals surface area contributed by atoms with E-state index in [2.05, 4.69) is 17.2 Å². The van der Waals surface area contributed by atoms with Crippen molar-refractivity contribution in [2.24, 2.45) is 0 Å². The normalized spacial score (nSPS) is 8.76. The number of nitrogens with zero attached hydrogens (tertiary/aromatic N) is 1. The SMILES string of the molecule is CC(=O)NCCC#Cc1ccc(F)c(C#N)c1. The molecule has 0 fully saturated rings. The van der Waals surface area contributed by atoms with E-state index in [1.807, 2.05) is 0 Å². The average Bonchev–Trinajstić information content (AvgIpc) is 2.30. The van der Waals surface area contributed by atoms with Crippen molar-refractivity contribution >= 4 is 5.91 Å². The molecule has 86 valence electrons. The van der Waals surface area contributed by atoms with E-state index >= 15 is 0 Å². The maximum Gasteiger partial charge on any atom is 0.216 e. The summed E-state index contributed by atoms with van der Waals surface area (Å²) in [5, 5.41) is 11.2. The first-order valence-corrected chi connectivity index (χ1v) is 5.06. The molecule has 4 heteroatoms. The molecule has 3 nitrogen and oxygen atoms in total. The van der Waals surface area contributed by atoms with Crippen LogP contribution in [-0.4, -0.2) is 12.5 Å². The Morgan fingerprint density at radius 2 is 2.29 bits per heavy atom. The molecule has 17 heavy (non-hydrogen) atoms. The molecule has 0 aliphatic rings. The van der Waals surface area contributed by atoms with Gasteiger partial charge < -0.3 is 5.32 Å². The highest BCUT2D eigenvalue weighted by atomic mass is 19.1. The second-order valence-corrected chi connectivity index (χ2v) is 3.34. The van der Waals surface area contributed by atoms with E-state index in [-0.39, 0.29) is 11.5 Å². The molecule has 0 aliphatic carbocycles. The summed E-state index contributed by atoms with van der Waals surface area (Å²) in [6, 6.07) is 5.89. The van der Waals surface area contributed by atoms with E-state index in [9.17, 15) is 9.18 Å². The van der Waals surface area contributed by atoms with Gasteiger partial charge in [-0.3, -0.25) is 4.79 Å². The number of benzene rings is 1. The molecule has 0 atom stereocenters. The summed E-state index contributed by atoms with van der Waals surface area (Å²) in [4.78, 5) is 10.6. The van der Waals surface area contributed by atoms with Crippen molar-refractivity contribution in [2.45, 2.75) is 13.3 Å². The van der Waals surface area contributed by atoms with Crippen LogP contribution in [0.4, 0.5) is 4.39 Å². The van der Waals surface area contributed by atoms with Crippen molar-refractivity contribution < 1.29 is 9.18 Å². The molecule has 0 heterocycles. The zero-order chi connectivity index (χ0) is 12.7. The third-order valence-electron chi connectivity index (χ3n) is 1.94. The average molecular weight is 230 g/mol. The Hall–Kier alpha value is -2.33. The van der Waals surface area contributed by atoms with Crippen molar-refractivity contribution in [1.82, 2.24) is 5.32 Å². The Kier molecular flexibility index (Phi) is 4.72. The number of amides is 1. The minimum Gasteiger partial charge on any atom is -0.355 e. The topological polar surface area (TPSA) is 52.9 Å². The van der Waals surface area contributed by atoms with Gasteiger partial charge in [0.1, 0.15) is 11.9 Å². The van der Waals surface area contributed by atoms with Gasteiger partial charge in [-0.2, -0.15) is 5.26 Å². The predicted molar refractivity (Wildman–Crippen MR) is 61.3 cm³/mol. The minimum atomic E-state index is -0.545. The van der Waals surface area contributed by atoms with E-state index < -0.39 is 5.82 Å². The van der Waals surface area contributed by atoms with Crippen molar-refractivity contribution in [3.8, 4) is 17.9 Å². The lowest BCUT2D eigenvalue weighted by Gasteiger charge is -1.95. The van der Waals surface area contributed by atoms with Crippen LogP contribution in [0, 0.1) is 29.0 Å². The fraction of sp³-hybridized carbons (Fsp3) is 0.231. The first-order chi connectivity index (χ1) is 8.13. The molecule has 0 unspecified atom stereocenters. The smallest absolute Gasteiger partial charge is 0.216 e. The van der Waals surface area contributed by atoms with Gasteiger partial charge in [0, 0.05) is 25.5 Å². The standard InChI is InChI=1S/C13H11FN2O/c1-10(17)16-7-3-2-4-11-5-6-13(14)12(8-11)9-15/h5-6,8H,3,7H2,1H3,(H,16,17). The predicted octanol–water partition coefficient (Wildman–Crippen LogP) is 1.58. The second-order valence-electron chi connectivity index (χ2n) is 3.34. The van der Waals surface area contributed by atoms with Crippen LogP contribution in [0.2, 0.25) is 0 Å². The molecule has 0 radical (unpaired) electrons. The lowest BCUT2D eigenvalue weighted by atomic mass is 10.1. The molecule has 0 spiro atoms. The number of hydrogen-bond donors (Lipinski definition) is 1. The zero-order valence-electron chi connectivity index (χ0n) is 9.38. The summed E-state index contributed by atoms with van der Waals surface area (Å²) in [5.41, 5.74) is 0.574. The highest BCUT2D eigenvalue weighted by Crippen LogP contribution is 2.08. The minimum absolute atomic E-state index is 0.0151. The van der Waals surface area contributed by atoms with E-state index in [0.29, 0.717) is 18.5 Å². The largest absolute Gasteiger partial charge is 0.355 e. The van der Waals surface area contributed by atoms with E-state index in [0.717, 1.165) is 0 Å². The van der Waals surface area contributed by atoms with Crippen molar-refractivity contribution in [2.75, 3.05) is 6.54 Å². The summed E-state index contributed by atoms with van der Waals surface area (Å²) in [5.74, 6) is 4.99. The second kappa shape index (κ2) is 6.30. The number of nitrogens with one attached hydrogen (secondary N) is 1. The van der Waals surface area contributed by atoms with Gasteiger partial charge in [0.25, 0.3) is 0 Å². The van der Waals surface area contributed by atoms with Crippen LogP contribution in [0.1, 0.15) is 24.5 Å². The highest BCUT2D eigenvalue weighted by molar-refractivity contribution is 5.72. The maximum atomic E-state index is 13.0. The first kappa shape index (κ1) is 12.7. The Balaban J connectivity index is 2.61. The number of rotatable bonds is 2. The summed E-state index contributed by atoms with van der Waals surface area (Å²) in [6.07, 6.45) is 0.513. The van der Waals surface area contributed by atoms with Crippen LogP contribution in [0.25, 0.3) is 0 Å². The maximum absolute atomic E-state index is 13.0. The molecular formula is C13H11FN2O. The Morgan fingerprint density at radius 1 is 1.53 bits per heavy atom. The number of nitriles is 1. The molecule has 0 aromatic heterocycles. The van der Waals surface area contributed by atoms with Gasteiger partial charge in [0.05, 0.1) is 5.56 Å². The third-order valence-corrected chi connectivity index (χ3v) is 1.94. The summed E-state index contributed by atoms with van der Waals surface area (Å²) in [6.45, 7) is 1.92. The lowest BCUT2D eigenvalue weighted by molar-refractivity contribution is -0.118. The molecule has 0 saturated heterocycles. The van der Waals surface area contributed by atoms with Crippen LogP contribution < -0.4 is 5.32 Å². The van der Waals surface area contributed by atoms with E-state index in [1.165, 1.54) is 25.1 Å². The molecular weight excluding hydrogens is 219 g/mol. The number of halogens is 1. The molecule has 0 aliphatic heterocycles. The summed E-state index contributed by atoms with van der Waals surface area (Å²) < 4.78 is 13.0. The summed E-state index contributed by atoms with van der Waals surface area (Å²) >= 11 is 0. The quantitative estimate of drug-likeness (QED) is 0.619. The fourth-order valence-corrected chi connectivity index (χ4v) is 1.15. The van der Waals surface area contributed by atoms with Crippen LogP contribution in [-0.2, 0) is 4.79 Å². The van der Waals surface area contributed by atoms with Crippen molar-refractivity contribution in [3.63, 3.8) is 0 Å². The highest BCUT2D eigenvalue weighted by Gasteiger charge is 2.00. The Bertz CT molecular complexity index is 520. The van der Waals surface area contributed by atoms with Gasteiger partial charge in [-0.1, -0.05) is 11.8 Å². The van der Waals surface area contributed by atoms with Crippen molar-refractivity contribution in [3.05, 3.63) is 35.1 Å². The lowest BCUT2D eigenvalue weighted by Crippen LogP contribution is -2.20. The van der Waals surface area contributed by atoms with Crippen molar-refractivity contribution in [1.29, 1.82) is 5.26 Å². The number of carbonyl (C=O) groups is 1. The van der Waals surface area contributed by atoms with E-state index in [4.69, 9.17) is 5.26 Å². The molecule has 1 amide bonds. The monoisotopic (exact) mass is 230 g/mol.